The van der Waals surface area contributed by atoms with Crippen LogP contribution in [0.2, 0.25) is 5.02 Å². The van der Waals surface area contributed by atoms with E-state index in [1.165, 1.54) is 0 Å². The van der Waals surface area contributed by atoms with E-state index in [1.807, 2.05) is 49.4 Å². The second-order valence-electron chi connectivity index (χ2n) is 6.84. The molecule has 0 unspecified atom stereocenters. The number of rotatable bonds is 6. The number of carbonyl (C=O) groups excluding carboxylic acids is 1. The first-order chi connectivity index (χ1) is 15.1. The molecule has 0 atom stereocenters. The predicted molar refractivity (Wildman–Crippen MR) is 124 cm³/mol. The van der Waals surface area contributed by atoms with Gasteiger partial charge in [-0.2, -0.15) is 0 Å². The number of anilines is 1. The second kappa shape index (κ2) is 9.06. The molecule has 4 aromatic rings. The van der Waals surface area contributed by atoms with Gasteiger partial charge in [0.15, 0.2) is 0 Å². The van der Waals surface area contributed by atoms with Gasteiger partial charge in [0.05, 0.1) is 29.9 Å². The zero-order valence-electron chi connectivity index (χ0n) is 17.2. The fourth-order valence-corrected chi connectivity index (χ4v) is 3.57. The summed E-state index contributed by atoms with van der Waals surface area (Å²) in [5.74, 6) is 0.984. The highest BCUT2D eigenvalue weighted by atomic mass is 35.5. The van der Waals surface area contributed by atoms with Gasteiger partial charge in [0.25, 0.3) is 5.91 Å². The van der Waals surface area contributed by atoms with Crippen LogP contribution in [0.5, 0.6) is 11.5 Å². The largest absolute Gasteiger partial charge is 0.495 e. The predicted octanol–water partition coefficient (Wildman–Crippen LogP) is 6.21. The number of carbonyl (C=O) groups is 1. The van der Waals surface area contributed by atoms with Crippen molar-refractivity contribution in [1.82, 2.24) is 4.98 Å². The summed E-state index contributed by atoms with van der Waals surface area (Å²) in [5, 5.41) is 4.07. The van der Waals surface area contributed by atoms with Crippen LogP contribution in [0.4, 0.5) is 5.69 Å². The van der Waals surface area contributed by atoms with Crippen molar-refractivity contribution in [2.45, 2.75) is 6.92 Å². The van der Waals surface area contributed by atoms with Crippen molar-refractivity contribution < 1.29 is 14.3 Å². The Kier molecular flexibility index (Phi) is 6.05. The van der Waals surface area contributed by atoms with E-state index in [0.717, 1.165) is 22.2 Å². The third kappa shape index (κ3) is 4.47. The van der Waals surface area contributed by atoms with Gasteiger partial charge >= 0.3 is 0 Å². The smallest absolute Gasteiger partial charge is 0.255 e. The van der Waals surface area contributed by atoms with Crippen molar-refractivity contribution in [2.75, 3.05) is 19.0 Å². The molecule has 31 heavy (non-hydrogen) atoms. The van der Waals surface area contributed by atoms with Gasteiger partial charge in [-0.15, -0.1) is 0 Å². The molecule has 0 aliphatic carbocycles. The van der Waals surface area contributed by atoms with Crippen LogP contribution in [-0.4, -0.2) is 24.6 Å². The number of benzene rings is 3. The lowest BCUT2D eigenvalue weighted by atomic mass is 10.1. The van der Waals surface area contributed by atoms with Crippen LogP contribution in [0.15, 0.2) is 72.8 Å². The molecule has 1 heterocycles. The fourth-order valence-electron chi connectivity index (χ4n) is 3.32. The number of hydrogen-bond acceptors (Lipinski definition) is 4. The summed E-state index contributed by atoms with van der Waals surface area (Å²) in [6.45, 7) is 2.44. The molecule has 0 radical (unpaired) electrons. The minimum atomic E-state index is -0.252. The molecule has 0 spiro atoms. The van der Waals surface area contributed by atoms with E-state index in [1.54, 1.807) is 37.4 Å². The number of amides is 1. The molecule has 1 N–H and O–H groups in total. The molecule has 1 aromatic heterocycles. The van der Waals surface area contributed by atoms with Crippen molar-refractivity contribution in [2.24, 2.45) is 0 Å². The van der Waals surface area contributed by atoms with E-state index >= 15 is 0 Å². The summed E-state index contributed by atoms with van der Waals surface area (Å²) >= 11 is 6.16. The number of hydrogen-bond donors (Lipinski definition) is 1. The molecule has 5 nitrogen and oxygen atoms in total. The van der Waals surface area contributed by atoms with E-state index in [-0.39, 0.29) is 5.91 Å². The molecule has 0 fully saturated rings. The number of aromatic nitrogens is 1. The lowest BCUT2D eigenvalue weighted by molar-refractivity contribution is 0.102. The van der Waals surface area contributed by atoms with Gasteiger partial charge in [-0.1, -0.05) is 41.9 Å². The quantitative estimate of drug-likeness (QED) is 0.393. The molecule has 0 aliphatic rings. The van der Waals surface area contributed by atoms with Crippen LogP contribution in [0, 0.1) is 0 Å². The maximum absolute atomic E-state index is 12.8. The van der Waals surface area contributed by atoms with E-state index in [9.17, 15) is 4.79 Å². The Bertz CT molecular complexity index is 1240. The van der Waals surface area contributed by atoms with Crippen LogP contribution < -0.4 is 14.8 Å². The topological polar surface area (TPSA) is 60.5 Å². The highest BCUT2D eigenvalue weighted by Crippen LogP contribution is 2.31. The van der Waals surface area contributed by atoms with Crippen LogP contribution in [0.1, 0.15) is 17.3 Å². The number of fused-ring (bicyclic) bond motifs is 1. The monoisotopic (exact) mass is 432 g/mol. The standard InChI is InChI=1S/C25H21ClN2O3/c1-3-31-24-15-22(16-7-5-4-6-8-16)28-21-11-9-17(13-19(21)24)25(29)27-18-10-12-23(30-2)20(26)14-18/h4-15H,3H2,1-2H3,(H,27,29). The summed E-state index contributed by atoms with van der Waals surface area (Å²) in [6.07, 6.45) is 0. The van der Waals surface area contributed by atoms with Gasteiger partial charge in [0.1, 0.15) is 11.5 Å². The Hall–Kier alpha value is -3.57. The third-order valence-electron chi connectivity index (χ3n) is 4.81. The number of halogens is 1. The molecule has 0 bridgehead atoms. The van der Waals surface area contributed by atoms with Crippen molar-refractivity contribution in [3.63, 3.8) is 0 Å². The average molecular weight is 433 g/mol. The Labute approximate surface area is 185 Å². The normalized spacial score (nSPS) is 10.7. The van der Waals surface area contributed by atoms with Gasteiger partial charge in [0.2, 0.25) is 0 Å². The zero-order valence-corrected chi connectivity index (χ0v) is 17.9. The molecule has 0 saturated heterocycles. The maximum Gasteiger partial charge on any atom is 0.255 e. The van der Waals surface area contributed by atoms with Gasteiger partial charge < -0.3 is 14.8 Å². The Morgan fingerprint density at radius 1 is 1.00 bits per heavy atom. The minimum absolute atomic E-state index is 0.252. The van der Waals surface area contributed by atoms with E-state index < -0.39 is 0 Å². The molecule has 0 aliphatic heterocycles. The highest BCUT2D eigenvalue weighted by molar-refractivity contribution is 6.32. The van der Waals surface area contributed by atoms with Crippen LogP contribution in [0.3, 0.4) is 0 Å². The first kappa shape index (κ1) is 20.7. The number of pyridine rings is 1. The number of ether oxygens (including phenoxy) is 2. The summed E-state index contributed by atoms with van der Waals surface area (Å²) < 4.78 is 11.0. The van der Waals surface area contributed by atoms with Crippen LogP contribution >= 0.6 is 11.6 Å². The Balaban J connectivity index is 1.69. The van der Waals surface area contributed by atoms with Crippen molar-refractivity contribution in [1.29, 1.82) is 0 Å². The molecule has 156 valence electrons. The van der Waals surface area contributed by atoms with E-state index in [2.05, 4.69) is 5.32 Å². The van der Waals surface area contributed by atoms with Crippen molar-refractivity contribution in [3.8, 4) is 22.8 Å². The van der Waals surface area contributed by atoms with Crippen LogP contribution in [-0.2, 0) is 0 Å². The minimum Gasteiger partial charge on any atom is -0.495 e. The first-order valence-electron chi connectivity index (χ1n) is 9.87. The summed E-state index contributed by atoms with van der Waals surface area (Å²) in [4.78, 5) is 17.6. The molecule has 1 amide bonds. The zero-order chi connectivity index (χ0) is 21.8. The molecular formula is C25H21ClN2O3. The number of methoxy groups -OCH3 is 1. The maximum atomic E-state index is 12.8. The molecule has 6 heteroatoms. The van der Waals surface area contributed by atoms with Crippen LogP contribution in [0.25, 0.3) is 22.2 Å². The molecular weight excluding hydrogens is 412 g/mol. The molecule has 3 aromatic carbocycles. The lowest BCUT2D eigenvalue weighted by Gasteiger charge is -2.12. The van der Waals surface area contributed by atoms with E-state index in [0.29, 0.717) is 34.4 Å². The van der Waals surface area contributed by atoms with E-state index in [4.69, 9.17) is 26.1 Å². The average Bonchev–Trinajstić information content (AvgIpc) is 2.79. The third-order valence-corrected chi connectivity index (χ3v) is 5.11. The summed E-state index contributed by atoms with van der Waals surface area (Å²) in [6, 6.07) is 22.3. The second-order valence-corrected chi connectivity index (χ2v) is 7.25. The number of nitrogens with one attached hydrogen (secondary N) is 1. The molecule has 0 saturated carbocycles. The Morgan fingerprint density at radius 2 is 1.81 bits per heavy atom. The van der Waals surface area contributed by atoms with Gasteiger partial charge in [-0.25, -0.2) is 4.98 Å². The lowest BCUT2D eigenvalue weighted by Crippen LogP contribution is -2.12. The fraction of sp³-hybridized carbons (Fsp3) is 0.120. The molecule has 4 rings (SSSR count). The van der Waals surface area contributed by atoms with Gasteiger partial charge in [-0.3, -0.25) is 4.79 Å². The Morgan fingerprint density at radius 3 is 2.52 bits per heavy atom. The van der Waals surface area contributed by atoms with Crippen molar-refractivity contribution >= 4 is 34.1 Å². The van der Waals surface area contributed by atoms with Crippen molar-refractivity contribution in [3.05, 3.63) is 83.4 Å². The number of nitrogens with zero attached hydrogens (tertiary/aromatic N) is 1. The first-order valence-corrected chi connectivity index (χ1v) is 10.2. The van der Waals surface area contributed by atoms with Gasteiger partial charge in [0, 0.05) is 28.3 Å². The summed E-state index contributed by atoms with van der Waals surface area (Å²) in [5.41, 5.74) is 3.66. The SMILES string of the molecule is CCOc1cc(-c2ccccc2)nc2ccc(C(=O)Nc3ccc(OC)c(Cl)c3)cc12. The highest BCUT2D eigenvalue weighted by Gasteiger charge is 2.13. The summed E-state index contributed by atoms with van der Waals surface area (Å²) in [7, 11) is 1.54. The van der Waals surface area contributed by atoms with Gasteiger partial charge in [-0.05, 0) is 43.3 Å².